The van der Waals surface area contributed by atoms with E-state index in [1.807, 2.05) is 51.1 Å². The van der Waals surface area contributed by atoms with Crippen LogP contribution < -0.4 is 10.6 Å². The number of amides is 2. The predicted molar refractivity (Wildman–Crippen MR) is 126 cm³/mol. The summed E-state index contributed by atoms with van der Waals surface area (Å²) in [6.45, 7) is 10.8. The lowest BCUT2D eigenvalue weighted by Crippen LogP contribution is -2.53. The number of alkyl carbamates (subject to hydrolysis) is 1. The van der Waals surface area contributed by atoms with Gasteiger partial charge in [0.2, 0.25) is 5.91 Å². The Morgan fingerprint density at radius 3 is 2.21 bits per heavy atom. The van der Waals surface area contributed by atoms with Gasteiger partial charge in [-0.2, -0.15) is 0 Å². The van der Waals surface area contributed by atoms with E-state index < -0.39 is 29.7 Å². The third kappa shape index (κ3) is 12.1. The van der Waals surface area contributed by atoms with Gasteiger partial charge in [-0.05, 0) is 38.2 Å². The van der Waals surface area contributed by atoms with Gasteiger partial charge in [0.25, 0.3) is 0 Å². The number of rotatable bonds is 10. The highest BCUT2D eigenvalue weighted by atomic mass is 16.6. The summed E-state index contributed by atoms with van der Waals surface area (Å²) in [6, 6.07) is 7.83. The highest BCUT2D eigenvalue weighted by Crippen LogP contribution is 2.19. The minimum Gasteiger partial charge on any atom is -0.461 e. The third-order valence-electron chi connectivity index (χ3n) is 4.59. The normalized spacial score (nSPS) is 13.8. The number of esters is 1. The lowest BCUT2D eigenvalue weighted by Gasteiger charge is -2.31. The highest BCUT2D eigenvalue weighted by Gasteiger charge is 2.29. The van der Waals surface area contributed by atoms with Gasteiger partial charge in [-0.25, -0.2) is 4.79 Å². The minimum absolute atomic E-state index is 0.130. The fourth-order valence-electron chi connectivity index (χ4n) is 2.68. The molecule has 8 heteroatoms. The van der Waals surface area contributed by atoms with Crippen molar-refractivity contribution in [2.45, 2.75) is 78.7 Å². The van der Waals surface area contributed by atoms with Gasteiger partial charge in [-0.15, -0.1) is 0 Å². The van der Waals surface area contributed by atoms with Gasteiger partial charge in [0, 0.05) is 6.42 Å². The van der Waals surface area contributed by atoms with Gasteiger partial charge in [-0.1, -0.05) is 63.3 Å². The van der Waals surface area contributed by atoms with E-state index in [1.54, 1.807) is 26.8 Å². The fourth-order valence-corrected chi connectivity index (χ4v) is 2.68. The van der Waals surface area contributed by atoms with Crippen molar-refractivity contribution in [3.05, 3.63) is 48.0 Å². The molecule has 0 aliphatic carbocycles. The Morgan fingerprint density at radius 2 is 1.67 bits per heavy atom. The first-order chi connectivity index (χ1) is 15.3. The molecule has 1 aromatic carbocycles. The second-order valence-corrected chi connectivity index (χ2v) is 9.85. The summed E-state index contributed by atoms with van der Waals surface area (Å²) >= 11 is 0. The zero-order valence-electron chi connectivity index (χ0n) is 20.5. The molecule has 184 valence electrons. The summed E-state index contributed by atoms with van der Waals surface area (Å²) in [5.41, 5.74) is -0.208. The van der Waals surface area contributed by atoms with Crippen molar-refractivity contribution in [2.75, 3.05) is 6.61 Å². The number of benzene rings is 1. The summed E-state index contributed by atoms with van der Waals surface area (Å²) in [6.07, 6.45) is 2.85. The van der Waals surface area contributed by atoms with Crippen molar-refractivity contribution in [2.24, 2.45) is 5.41 Å². The van der Waals surface area contributed by atoms with Crippen LogP contribution in [0, 0.1) is 5.41 Å². The molecule has 0 radical (unpaired) electrons. The second kappa shape index (κ2) is 13.0. The molecular formula is C25H38N2O6. The number of aliphatic hydroxyl groups is 1. The molecule has 0 aromatic heterocycles. The van der Waals surface area contributed by atoms with Crippen LogP contribution in [0.1, 0.15) is 59.9 Å². The van der Waals surface area contributed by atoms with Crippen LogP contribution in [0.3, 0.4) is 0 Å². The Balaban J connectivity index is 2.71. The van der Waals surface area contributed by atoms with Crippen molar-refractivity contribution in [3.8, 4) is 0 Å². The molecule has 1 rings (SSSR count). The third-order valence-corrected chi connectivity index (χ3v) is 4.59. The van der Waals surface area contributed by atoms with Crippen LogP contribution in [0.5, 0.6) is 0 Å². The van der Waals surface area contributed by atoms with Crippen LogP contribution in [0.25, 0.3) is 0 Å². The van der Waals surface area contributed by atoms with Crippen molar-refractivity contribution in [3.63, 3.8) is 0 Å². The van der Waals surface area contributed by atoms with Gasteiger partial charge in [0.15, 0.2) is 0 Å². The SMILES string of the molecule is CC(C)(C)OC(=O)N[C@H](C=CCCC(=O)OCc1ccccc1)C(=O)N[C@H](CO)C(C)(C)C. The maximum atomic E-state index is 12.8. The van der Waals surface area contributed by atoms with E-state index >= 15 is 0 Å². The van der Waals surface area contributed by atoms with E-state index in [0.717, 1.165) is 5.56 Å². The molecule has 0 bridgehead atoms. The minimum atomic E-state index is -1.03. The molecule has 0 saturated heterocycles. The van der Waals surface area contributed by atoms with Gasteiger partial charge in [0.05, 0.1) is 12.6 Å². The molecule has 2 amide bonds. The number of nitrogens with one attached hydrogen (secondary N) is 2. The van der Waals surface area contributed by atoms with Crippen LogP contribution in [0.4, 0.5) is 4.79 Å². The largest absolute Gasteiger partial charge is 0.461 e. The Morgan fingerprint density at radius 1 is 1.03 bits per heavy atom. The zero-order chi connectivity index (χ0) is 25.1. The van der Waals surface area contributed by atoms with Crippen LogP contribution in [0.15, 0.2) is 42.5 Å². The number of hydrogen-bond acceptors (Lipinski definition) is 6. The van der Waals surface area contributed by atoms with E-state index in [-0.39, 0.29) is 31.0 Å². The first-order valence-corrected chi connectivity index (χ1v) is 11.1. The van der Waals surface area contributed by atoms with E-state index in [0.29, 0.717) is 6.42 Å². The number of allylic oxidation sites excluding steroid dienone is 1. The van der Waals surface area contributed by atoms with Gasteiger partial charge in [-0.3, -0.25) is 9.59 Å². The molecule has 2 atom stereocenters. The second-order valence-electron chi connectivity index (χ2n) is 9.85. The summed E-state index contributed by atoms with van der Waals surface area (Å²) in [4.78, 5) is 37.0. The Kier molecular flexibility index (Phi) is 11.1. The highest BCUT2D eigenvalue weighted by molar-refractivity contribution is 5.87. The smallest absolute Gasteiger partial charge is 0.408 e. The standard InChI is InChI=1S/C25H38N2O6/c1-24(2,3)20(16-28)27-22(30)19(26-23(31)33-25(4,5)6)14-10-11-15-21(29)32-17-18-12-8-7-9-13-18/h7-10,12-14,19-20,28H,11,15-17H2,1-6H3,(H,26,31)(H,27,30)/t19-,20-/m1/s1. The van der Waals surface area contributed by atoms with E-state index in [4.69, 9.17) is 9.47 Å². The summed E-state index contributed by atoms with van der Waals surface area (Å²) in [5, 5.41) is 14.9. The molecule has 0 fully saturated rings. The fraction of sp³-hybridized carbons (Fsp3) is 0.560. The Bertz CT molecular complexity index is 793. The molecule has 0 saturated carbocycles. The molecular weight excluding hydrogens is 424 g/mol. The summed E-state index contributed by atoms with van der Waals surface area (Å²) in [7, 11) is 0. The molecule has 3 N–H and O–H groups in total. The number of carbonyl (C=O) groups is 3. The number of hydrogen-bond donors (Lipinski definition) is 3. The predicted octanol–water partition coefficient (Wildman–Crippen LogP) is 3.48. The molecule has 8 nitrogen and oxygen atoms in total. The van der Waals surface area contributed by atoms with Crippen molar-refractivity contribution in [1.82, 2.24) is 10.6 Å². The molecule has 0 heterocycles. The van der Waals surface area contributed by atoms with Gasteiger partial charge >= 0.3 is 12.1 Å². The van der Waals surface area contributed by atoms with Gasteiger partial charge in [0.1, 0.15) is 18.2 Å². The molecule has 0 spiro atoms. The molecule has 0 aliphatic rings. The Hall–Kier alpha value is -2.87. The monoisotopic (exact) mass is 462 g/mol. The van der Waals surface area contributed by atoms with Crippen LogP contribution >= 0.6 is 0 Å². The van der Waals surface area contributed by atoms with Crippen molar-refractivity contribution < 1.29 is 29.0 Å². The molecule has 1 aromatic rings. The van der Waals surface area contributed by atoms with E-state index in [9.17, 15) is 19.5 Å². The van der Waals surface area contributed by atoms with Crippen LogP contribution in [0.2, 0.25) is 0 Å². The van der Waals surface area contributed by atoms with Crippen molar-refractivity contribution >= 4 is 18.0 Å². The average molecular weight is 463 g/mol. The quantitative estimate of drug-likeness (QED) is 0.362. The maximum absolute atomic E-state index is 12.8. The van der Waals surface area contributed by atoms with E-state index in [2.05, 4.69) is 10.6 Å². The van der Waals surface area contributed by atoms with Crippen molar-refractivity contribution in [1.29, 1.82) is 0 Å². The lowest BCUT2D eigenvalue weighted by molar-refractivity contribution is -0.144. The Labute approximate surface area is 196 Å². The van der Waals surface area contributed by atoms with Crippen LogP contribution in [-0.2, 0) is 25.7 Å². The zero-order valence-corrected chi connectivity index (χ0v) is 20.5. The topological polar surface area (TPSA) is 114 Å². The first kappa shape index (κ1) is 28.2. The summed E-state index contributed by atoms with van der Waals surface area (Å²) < 4.78 is 10.5. The van der Waals surface area contributed by atoms with Crippen LogP contribution in [-0.4, -0.2) is 47.4 Å². The molecule has 0 aliphatic heterocycles. The van der Waals surface area contributed by atoms with Gasteiger partial charge < -0.3 is 25.2 Å². The maximum Gasteiger partial charge on any atom is 0.408 e. The molecule has 33 heavy (non-hydrogen) atoms. The summed E-state index contributed by atoms with van der Waals surface area (Å²) in [5.74, 6) is -0.851. The number of ether oxygens (including phenoxy) is 2. The number of carbonyl (C=O) groups excluding carboxylic acids is 3. The first-order valence-electron chi connectivity index (χ1n) is 11.1. The lowest BCUT2D eigenvalue weighted by atomic mass is 9.87. The average Bonchev–Trinajstić information content (AvgIpc) is 2.71. The number of aliphatic hydroxyl groups excluding tert-OH is 1. The van der Waals surface area contributed by atoms with E-state index in [1.165, 1.54) is 6.08 Å². The molecule has 0 unspecified atom stereocenters.